The zero-order chi connectivity index (χ0) is 21.8. The highest BCUT2D eigenvalue weighted by Crippen LogP contribution is 2.26. The summed E-state index contributed by atoms with van der Waals surface area (Å²) in [4.78, 5) is 29.5. The van der Waals surface area contributed by atoms with E-state index in [0.717, 1.165) is 28.6 Å². The molecule has 5 heteroatoms. The van der Waals surface area contributed by atoms with Crippen molar-refractivity contribution in [2.75, 3.05) is 12.4 Å². The average Bonchev–Trinajstić information content (AvgIpc) is 2.83. The van der Waals surface area contributed by atoms with Gasteiger partial charge in [0.15, 0.2) is 0 Å². The lowest BCUT2D eigenvalue weighted by Crippen LogP contribution is -2.13. The van der Waals surface area contributed by atoms with Crippen LogP contribution in [0.5, 0.6) is 0 Å². The van der Waals surface area contributed by atoms with Gasteiger partial charge >= 0.3 is 5.97 Å². The summed E-state index contributed by atoms with van der Waals surface area (Å²) >= 11 is 0. The standard InChI is InChI=1S/C26H22N2O3/c1-3-17-8-10-18(11-9-17)24-16-22(21-6-4-5-7-23(21)28-24)25(29)27-20-14-12-19(13-15-20)26(30)31-2/h4-16H,3H2,1-2H3,(H,27,29). The van der Waals surface area contributed by atoms with E-state index in [0.29, 0.717) is 16.8 Å². The van der Waals surface area contributed by atoms with Crippen molar-refractivity contribution >= 4 is 28.5 Å². The van der Waals surface area contributed by atoms with E-state index in [1.54, 1.807) is 24.3 Å². The SMILES string of the molecule is CCc1ccc(-c2cc(C(=O)Nc3ccc(C(=O)OC)cc3)c3ccccc3n2)cc1. The number of aryl methyl sites for hydroxylation is 1. The van der Waals surface area contributed by atoms with Crippen molar-refractivity contribution in [3.05, 3.63) is 95.6 Å². The smallest absolute Gasteiger partial charge is 0.337 e. The number of pyridine rings is 1. The Kier molecular flexibility index (Phi) is 5.76. The van der Waals surface area contributed by atoms with Gasteiger partial charge in [0.1, 0.15) is 0 Å². The molecule has 0 aliphatic rings. The van der Waals surface area contributed by atoms with E-state index in [1.807, 2.05) is 42.5 Å². The third-order valence-electron chi connectivity index (χ3n) is 5.18. The predicted molar refractivity (Wildman–Crippen MR) is 122 cm³/mol. The van der Waals surface area contributed by atoms with E-state index in [2.05, 4.69) is 24.4 Å². The fourth-order valence-corrected chi connectivity index (χ4v) is 3.43. The molecule has 0 radical (unpaired) electrons. The molecule has 0 spiro atoms. The highest BCUT2D eigenvalue weighted by Gasteiger charge is 2.15. The van der Waals surface area contributed by atoms with Crippen molar-refractivity contribution < 1.29 is 14.3 Å². The summed E-state index contributed by atoms with van der Waals surface area (Å²) in [7, 11) is 1.33. The van der Waals surface area contributed by atoms with Crippen molar-refractivity contribution in [2.45, 2.75) is 13.3 Å². The van der Waals surface area contributed by atoms with Gasteiger partial charge in [0.25, 0.3) is 5.91 Å². The average molecular weight is 410 g/mol. The molecule has 0 aliphatic heterocycles. The van der Waals surface area contributed by atoms with E-state index < -0.39 is 5.97 Å². The number of hydrogen-bond donors (Lipinski definition) is 1. The largest absolute Gasteiger partial charge is 0.465 e. The number of aromatic nitrogens is 1. The van der Waals surface area contributed by atoms with Crippen LogP contribution in [0.15, 0.2) is 78.9 Å². The summed E-state index contributed by atoms with van der Waals surface area (Å²) in [6, 6.07) is 24.2. The molecular weight excluding hydrogens is 388 g/mol. The van der Waals surface area contributed by atoms with Gasteiger partial charge in [-0.15, -0.1) is 0 Å². The summed E-state index contributed by atoms with van der Waals surface area (Å²) < 4.78 is 4.71. The van der Waals surface area contributed by atoms with Crippen LogP contribution in [0.25, 0.3) is 22.2 Å². The molecule has 0 saturated carbocycles. The van der Waals surface area contributed by atoms with Crippen LogP contribution in [-0.4, -0.2) is 24.0 Å². The number of esters is 1. The summed E-state index contributed by atoms with van der Waals surface area (Å²) in [6.07, 6.45) is 0.966. The zero-order valence-electron chi connectivity index (χ0n) is 17.4. The third-order valence-corrected chi connectivity index (χ3v) is 5.18. The van der Waals surface area contributed by atoms with Crippen molar-refractivity contribution in [1.82, 2.24) is 4.98 Å². The maximum atomic E-state index is 13.2. The highest BCUT2D eigenvalue weighted by molar-refractivity contribution is 6.13. The quantitative estimate of drug-likeness (QED) is 0.441. The van der Waals surface area contributed by atoms with E-state index >= 15 is 0 Å². The normalized spacial score (nSPS) is 10.6. The van der Waals surface area contributed by atoms with Crippen LogP contribution in [-0.2, 0) is 11.2 Å². The molecular formula is C26H22N2O3. The molecule has 0 fully saturated rings. The highest BCUT2D eigenvalue weighted by atomic mass is 16.5. The number of ether oxygens (including phenoxy) is 1. The third kappa shape index (κ3) is 4.31. The number of hydrogen-bond acceptors (Lipinski definition) is 4. The number of carbonyl (C=O) groups excluding carboxylic acids is 2. The molecule has 0 unspecified atom stereocenters. The lowest BCUT2D eigenvalue weighted by Gasteiger charge is -2.11. The second-order valence-corrected chi connectivity index (χ2v) is 7.15. The van der Waals surface area contributed by atoms with Crippen molar-refractivity contribution in [3.8, 4) is 11.3 Å². The Balaban J connectivity index is 1.69. The number of para-hydroxylation sites is 1. The monoisotopic (exact) mass is 410 g/mol. The summed E-state index contributed by atoms with van der Waals surface area (Å²) in [5, 5.41) is 3.69. The summed E-state index contributed by atoms with van der Waals surface area (Å²) in [6.45, 7) is 2.11. The summed E-state index contributed by atoms with van der Waals surface area (Å²) in [5.74, 6) is -0.660. The molecule has 0 bridgehead atoms. The van der Waals surface area contributed by atoms with Crippen LogP contribution in [0.3, 0.4) is 0 Å². The van der Waals surface area contributed by atoms with Gasteiger partial charge in [0.2, 0.25) is 0 Å². The Morgan fingerprint density at radius 1 is 0.935 bits per heavy atom. The molecule has 0 aliphatic carbocycles. The Morgan fingerprint density at radius 3 is 2.32 bits per heavy atom. The first-order valence-corrected chi connectivity index (χ1v) is 10.1. The molecule has 5 nitrogen and oxygen atoms in total. The minimum Gasteiger partial charge on any atom is -0.465 e. The van der Waals surface area contributed by atoms with Gasteiger partial charge in [0.05, 0.1) is 29.4 Å². The number of nitrogens with one attached hydrogen (secondary N) is 1. The lowest BCUT2D eigenvalue weighted by molar-refractivity contribution is 0.0600. The molecule has 1 N–H and O–H groups in total. The van der Waals surface area contributed by atoms with E-state index in [1.165, 1.54) is 12.7 Å². The second kappa shape index (κ2) is 8.79. The molecule has 0 saturated heterocycles. The van der Waals surface area contributed by atoms with Gasteiger partial charge in [-0.1, -0.05) is 49.4 Å². The van der Waals surface area contributed by atoms with E-state index in [9.17, 15) is 9.59 Å². The molecule has 1 heterocycles. The van der Waals surface area contributed by atoms with Crippen molar-refractivity contribution in [3.63, 3.8) is 0 Å². The maximum Gasteiger partial charge on any atom is 0.337 e. The second-order valence-electron chi connectivity index (χ2n) is 7.15. The van der Waals surface area contributed by atoms with Crippen LogP contribution in [0, 0.1) is 0 Å². The molecule has 1 aromatic heterocycles. The number of methoxy groups -OCH3 is 1. The molecule has 4 rings (SSSR count). The molecule has 1 amide bonds. The van der Waals surface area contributed by atoms with Gasteiger partial charge in [-0.3, -0.25) is 4.79 Å². The fraction of sp³-hybridized carbons (Fsp3) is 0.115. The topological polar surface area (TPSA) is 68.3 Å². The predicted octanol–water partition coefficient (Wildman–Crippen LogP) is 5.50. The van der Waals surface area contributed by atoms with Crippen LogP contribution >= 0.6 is 0 Å². The van der Waals surface area contributed by atoms with E-state index in [4.69, 9.17) is 9.72 Å². The van der Waals surface area contributed by atoms with Gasteiger partial charge in [-0.25, -0.2) is 9.78 Å². The van der Waals surface area contributed by atoms with E-state index in [-0.39, 0.29) is 5.91 Å². The maximum absolute atomic E-state index is 13.2. The number of amides is 1. The molecule has 154 valence electrons. The van der Waals surface area contributed by atoms with Crippen molar-refractivity contribution in [2.24, 2.45) is 0 Å². The zero-order valence-corrected chi connectivity index (χ0v) is 17.4. The Bertz CT molecular complexity index is 1250. The fourth-order valence-electron chi connectivity index (χ4n) is 3.43. The van der Waals surface area contributed by atoms with Gasteiger partial charge in [-0.05, 0) is 48.4 Å². The lowest BCUT2D eigenvalue weighted by atomic mass is 10.0. The van der Waals surface area contributed by atoms with Crippen LogP contribution in [0.1, 0.15) is 33.2 Å². The number of nitrogens with zero attached hydrogens (tertiary/aromatic N) is 1. The Labute approximate surface area is 180 Å². The first-order valence-electron chi connectivity index (χ1n) is 10.1. The first-order chi connectivity index (χ1) is 15.1. The summed E-state index contributed by atoms with van der Waals surface area (Å²) in [5.41, 5.74) is 5.26. The Morgan fingerprint density at radius 2 is 1.65 bits per heavy atom. The number of anilines is 1. The number of rotatable bonds is 5. The number of fused-ring (bicyclic) bond motifs is 1. The molecule has 3 aromatic carbocycles. The minimum atomic E-state index is -0.420. The van der Waals surface area contributed by atoms with Gasteiger partial charge < -0.3 is 10.1 Å². The Hall–Kier alpha value is -3.99. The molecule has 0 atom stereocenters. The van der Waals surface area contributed by atoms with Crippen LogP contribution in [0.2, 0.25) is 0 Å². The first kappa shape index (κ1) is 20.3. The molecule has 4 aromatic rings. The number of benzene rings is 3. The molecule has 31 heavy (non-hydrogen) atoms. The van der Waals surface area contributed by atoms with Crippen molar-refractivity contribution in [1.29, 1.82) is 0 Å². The van der Waals surface area contributed by atoms with Crippen LogP contribution < -0.4 is 5.32 Å². The van der Waals surface area contributed by atoms with Gasteiger partial charge in [0, 0.05) is 16.6 Å². The van der Waals surface area contributed by atoms with Crippen LogP contribution in [0.4, 0.5) is 5.69 Å². The van der Waals surface area contributed by atoms with Gasteiger partial charge in [-0.2, -0.15) is 0 Å². The number of carbonyl (C=O) groups is 2. The minimum absolute atomic E-state index is 0.240.